The first-order valence-corrected chi connectivity index (χ1v) is 15.2. The van der Waals surface area contributed by atoms with Crippen LogP contribution in [-0.4, -0.2) is 54.3 Å². The van der Waals surface area contributed by atoms with Crippen molar-refractivity contribution < 1.29 is 14.4 Å². The van der Waals surface area contributed by atoms with Crippen molar-refractivity contribution in [3.63, 3.8) is 0 Å². The van der Waals surface area contributed by atoms with Gasteiger partial charge in [0.1, 0.15) is 12.1 Å². The summed E-state index contributed by atoms with van der Waals surface area (Å²) in [6, 6.07) is 21.1. The Morgan fingerprint density at radius 3 is 2.49 bits per heavy atom. The van der Waals surface area contributed by atoms with Crippen LogP contribution in [0.2, 0.25) is 0 Å². The Morgan fingerprint density at radius 2 is 1.73 bits per heavy atom. The van der Waals surface area contributed by atoms with Crippen LogP contribution in [0.4, 0.5) is 0 Å². The van der Waals surface area contributed by atoms with Gasteiger partial charge in [-0.2, -0.15) is 0 Å². The van der Waals surface area contributed by atoms with Gasteiger partial charge >= 0.3 is 0 Å². The van der Waals surface area contributed by atoms with Crippen LogP contribution in [0.5, 0.6) is 0 Å². The molecule has 3 aromatic rings. The minimum atomic E-state index is -0.745. The Hall–Kier alpha value is -3.23. The van der Waals surface area contributed by atoms with Gasteiger partial charge in [-0.15, -0.1) is 0 Å². The third-order valence-electron chi connectivity index (χ3n) is 7.39. The second kappa shape index (κ2) is 14.1. The summed E-state index contributed by atoms with van der Waals surface area (Å²) < 4.78 is 1.05. The number of nitrogens with one attached hydrogen (secondary N) is 3. The zero-order valence-electron chi connectivity index (χ0n) is 24.2. The lowest BCUT2D eigenvalue weighted by Crippen LogP contribution is -2.55. The molecular formula is C33H41BrN4O3. The van der Waals surface area contributed by atoms with Gasteiger partial charge in [-0.05, 0) is 59.8 Å². The highest BCUT2D eigenvalue weighted by atomic mass is 79.9. The highest BCUT2D eigenvalue weighted by molar-refractivity contribution is 9.10. The summed E-state index contributed by atoms with van der Waals surface area (Å²) in [5, 5.41) is 11.6. The first-order chi connectivity index (χ1) is 19.6. The Labute approximate surface area is 251 Å². The number of hydrogen-bond donors (Lipinski definition) is 3. The third-order valence-corrected chi connectivity index (χ3v) is 7.89. The maximum atomic E-state index is 13.5. The molecule has 0 unspecified atom stereocenters. The second-order valence-corrected chi connectivity index (χ2v) is 12.7. The van der Waals surface area contributed by atoms with E-state index >= 15 is 0 Å². The third kappa shape index (κ3) is 8.63. The van der Waals surface area contributed by atoms with Gasteiger partial charge in [-0.3, -0.25) is 14.4 Å². The summed E-state index contributed by atoms with van der Waals surface area (Å²) in [6.45, 7) is 8.15. The molecule has 0 aliphatic carbocycles. The van der Waals surface area contributed by atoms with E-state index in [4.69, 9.17) is 0 Å². The molecule has 4 rings (SSSR count). The Balaban J connectivity index is 1.38. The number of rotatable bonds is 11. The van der Waals surface area contributed by atoms with Gasteiger partial charge in [0.05, 0.1) is 0 Å². The molecule has 1 heterocycles. The standard InChI is InChI=1S/C33H41BrN4O3/c1-33(2,3)32(41)38-18-7-13-29(38)31(40)37-28(21-23-14-15-25-10-4-5-11-26(25)19-23)30(39)36-17-8-16-35-22-24-9-6-12-27(34)20-24/h4-6,9-12,14-15,19-20,28-29,35H,7-8,13,16-18,21-22H2,1-3H3,(H,36,39)(H,37,40)/t28-,29+/m1/s1. The number of carbonyl (C=O) groups is 3. The molecular weight excluding hydrogens is 580 g/mol. The molecule has 41 heavy (non-hydrogen) atoms. The minimum Gasteiger partial charge on any atom is -0.354 e. The SMILES string of the molecule is CC(C)(C)C(=O)N1CCC[C@H]1C(=O)N[C@H](Cc1ccc2ccccc2c1)C(=O)NCCCNCc1cccc(Br)c1. The summed E-state index contributed by atoms with van der Waals surface area (Å²) >= 11 is 3.49. The fourth-order valence-corrected chi connectivity index (χ4v) is 5.67. The molecule has 1 aliphatic heterocycles. The lowest BCUT2D eigenvalue weighted by Gasteiger charge is -2.31. The fourth-order valence-electron chi connectivity index (χ4n) is 5.22. The summed E-state index contributed by atoms with van der Waals surface area (Å²) in [4.78, 5) is 41.6. The summed E-state index contributed by atoms with van der Waals surface area (Å²) in [5.41, 5.74) is 1.58. The van der Waals surface area contributed by atoms with Crippen LogP contribution in [0.1, 0.15) is 51.2 Å². The molecule has 0 bridgehead atoms. The maximum absolute atomic E-state index is 13.5. The van der Waals surface area contributed by atoms with E-state index in [0.717, 1.165) is 46.7 Å². The zero-order chi connectivity index (χ0) is 29.4. The lowest BCUT2D eigenvalue weighted by atomic mass is 9.94. The van der Waals surface area contributed by atoms with Crippen LogP contribution < -0.4 is 16.0 Å². The molecule has 0 spiro atoms. The zero-order valence-corrected chi connectivity index (χ0v) is 25.8. The second-order valence-electron chi connectivity index (χ2n) is 11.8. The van der Waals surface area contributed by atoms with Crippen LogP contribution in [-0.2, 0) is 27.3 Å². The van der Waals surface area contributed by atoms with Crippen molar-refractivity contribution in [2.45, 2.75) is 65.1 Å². The number of hydrogen-bond acceptors (Lipinski definition) is 4. The average Bonchev–Trinajstić information content (AvgIpc) is 3.43. The summed E-state index contributed by atoms with van der Waals surface area (Å²) in [5.74, 6) is -0.525. The van der Waals surface area contributed by atoms with Gasteiger partial charge in [0.2, 0.25) is 17.7 Å². The molecule has 3 amide bonds. The Bertz CT molecular complexity index is 1370. The quantitative estimate of drug-likeness (QED) is 0.264. The van der Waals surface area contributed by atoms with Crippen molar-refractivity contribution in [2.24, 2.45) is 5.41 Å². The number of fused-ring (bicyclic) bond motifs is 1. The molecule has 3 N–H and O–H groups in total. The van der Waals surface area contributed by atoms with E-state index < -0.39 is 17.5 Å². The molecule has 1 saturated heterocycles. The van der Waals surface area contributed by atoms with Crippen LogP contribution >= 0.6 is 15.9 Å². The molecule has 2 atom stereocenters. The number of halogens is 1. The van der Waals surface area contributed by atoms with Crippen LogP contribution in [0.15, 0.2) is 71.2 Å². The van der Waals surface area contributed by atoms with E-state index in [-0.39, 0.29) is 17.7 Å². The predicted molar refractivity (Wildman–Crippen MR) is 167 cm³/mol. The van der Waals surface area contributed by atoms with Gasteiger partial charge < -0.3 is 20.9 Å². The number of benzene rings is 3. The van der Waals surface area contributed by atoms with Crippen LogP contribution in [0, 0.1) is 5.41 Å². The van der Waals surface area contributed by atoms with Gasteiger partial charge in [-0.1, -0.05) is 91.3 Å². The molecule has 1 aliphatic rings. The van der Waals surface area contributed by atoms with Crippen LogP contribution in [0.25, 0.3) is 10.8 Å². The first kappa shape index (κ1) is 30.7. The van der Waals surface area contributed by atoms with Gasteiger partial charge in [0, 0.05) is 35.9 Å². The topological polar surface area (TPSA) is 90.5 Å². The van der Waals surface area contributed by atoms with Crippen LogP contribution in [0.3, 0.4) is 0 Å². The van der Waals surface area contributed by atoms with Gasteiger partial charge in [0.15, 0.2) is 0 Å². The molecule has 0 saturated carbocycles. The average molecular weight is 622 g/mol. The minimum absolute atomic E-state index is 0.0407. The largest absolute Gasteiger partial charge is 0.354 e. The van der Waals surface area contributed by atoms with Gasteiger partial charge in [0.25, 0.3) is 0 Å². The van der Waals surface area contributed by atoms with Crippen molar-refractivity contribution in [3.05, 3.63) is 82.3 Å². The maximum Gasteiger partial charge on any atom is 0.243 e. The normalized spacial score (nSPS) is 16.0. The summed E-state index contributed by atoms with van der Waals surface area (Å²) in [6.07, 6.45) is 2.49. The summed E-state index contributed by atoms with van der Waals surface area (Å²) in [7, 11) is 0. The Kier molecular flexibility index (Phi) is 10.6. The van der Waals surface area contributed by atoms with E-state index in [1.54, 1.807) is 4.90 Å². The highest BCUT2D eigenvalue weighted by Gasteiger charge is 2.39. The molecule has 1 fully saturated rings. The molecule has 218 valence electrons. The van der Waals surface area contributed by atoms with E-state index in [1.165, 1.54) is 5.56 Å². The molecule has 0 aromatic heterocycles. The Morgan fingerprint density at radius 1 is 0.951 bits per heavy atom. The van der Waals surface area contributed by atoms with E-state index in [9.17, 15) is 14.4 Å². The number of nitrogens with zero attached hydrogens (tertiary/aromatic N) is 1. The lowest BCUT2D eigenvalue weighted by molar-refractivity contribution is -0.145. The highest BCUT2D eigenvalue weighted by Crippen LogP contribution is 2.26. The number of carbonyl (C=O) groups excluding carboxylic acids is 3. The monoisotopic (exact) mass is 620 g/mol. The van der Waals surface area contributed by atoms with Gasteiger partial charge in [-0.25, -0.2) is 0 Å². The first-order valence-electron chi connectivity index (χ1n) is 14.4. The molecule has 3 aromatic carbocycles. The van der Waals surface area contributed by atoms with Crippen molar-refractivity contribution >= 4 is 44.4 Å². The van der Waals surface area contributed by atoms with E-state index in [2.05, 4.69) is 56.1 Å². The number of likely N-dealkylation sites (tertiary alicyclic amines) is 1. The molecule has 0 radical (unpaired) electrons. The van der Waals surface area contributed by atoms with Crippen molar-refractivity contribution in [2.75, 3.05) is 19.6 Å². The fraction of sp³-hybridized carbons (Fsp3) is 0.424. The molecule has 7 nitrogen and oxygen atoms in total. The van der Waals surface area contributed by atoms with Crippen molar-refractivity contribution in [1.29, 1.82) is 0 Å². The van der Waals surface area contributed by atoms with E-state index in [0.29, 0.717) is 25.9 Å². The number of amides is 3. The van der Waals surface area contributed by atoms with Crippen molar-refractivity contribution in [3.8, 4) is 0 Å². The van der Waals surface area contributed by atoms with Crippen molar-refractivity contribution in [1.82, 2.24) is 20.9 Å². The smallest absolute Gasteiger partial charge is 0.243 e. The molecule has 8 heteroatoms. The predicted octanol–water partition coefficient (Wildman–Crippen LogP) is 4.96. The van der Waals surface area contributed by atoms with E-state index in [1.807, 2.05) is 63.2 Å².